The number of rotatable bonds is 7. The van der Waals surface area contributed by atoms with Crippen molar-refractivity contribution < 1.29 is 9.59 Å². The van der Waals surface area contributed by atoms with Gasteiger partial charge in [0.05, 0.1) is 0 Å². The van der Waals surface area contributed by atoms with E-state index in [1.165, 1.54) is 16.9 Å². The van der Waals surface area contributed by atoms with Crippen molar-refractivity contribution in [2.24, 2.45) is 0 Å². The summed E-state index contributed by atoms with van der Waals surface area (Å²) in [5, 5.41) is 7.70. The number of amides is 2. The normalized spacial score (nSPS) is 11.1. The Morgan fingerprint density at radius 2 is 1.58 bits per heavy atom. The predicted octanol–water partition coefficient (Wildman–Crippen LogP) is 5.91. The summed E-state index contributed by atoms with van der Waals surface area (Å²) in [5.41, 5.74) is 3.76. The lowest BCUT2D eigenvalue weighted by Crippen LogP contribution is -2.30. The molecule has 2 amide bonds. The van der Waals surface area contributed by atoms with Crippen LogP contribution in [0, 0.1) is 0 Å². The Labute approximate surface area is 204 Å². The molecule has 0 unspecified atom stereocenters. The summed E-state index contributed by atoms with van der Waals surface area (Å²) in [6.45, 7) is 0. The molecular weight excluding hydrogens is 498 g/mol. The number of aromatic nitrogens is 1. The zero-order valence-corrected chi connectivity index (χ0v) is 19.9. The maximum atomic E-state index is 12.9. The number of hydrogen-bond donors (Lipinski definition) is 2. The van der Waals surface area contributed by atoms with Crippen molar-refractivity contribution in [2.75, 3.05) is 5.32 Å². The lowest BCUT2D eigenvalue weighted by atomic mass is 10.0. The van der Waals surface area contributed by atoms with Crippen LogP contribution in [0.1, 0.15) is 27.0 Å². The van der Waals surface area contributed by atoms with Crippen molar-refractivity contribution in [3.63, 3.8) is 0 Å². The first-order valence-electron chi connectivity index (χ1n) is 10.2. The molecule has 7 heteroatoms. The van der Waals surface area contributed by atoms with E-state index in [4.69, 9.17) is 0 Å². The van der Waals surface area contributed by atoms with Gasteiger partial charge in [0.15, 0.2) is 5.13 Å². The zero-order chi connectivity index (χ0) is 23.0. The fourth-order valence-electron chi connectivity index (χ4n) is 3.13. The second kappa shape index (κ2) is 10.8. The Hall–Kier alpha value is -3.55. The van der Waals surface area contributed by atoms with Gasteiger partial charge in [0, 0.05) is 21.6 Å². The van der Waals surface area contributed by atoms with Crippen LogP contribution in [-0.2, 0) is 11.2 Å². The van der Waals surface area contributed by atoms with E-state index >= 15 is 0 Å². The third-order valence-corrected chi connectivity index (χ3v) is 6.01. The molecule has 0 atom stereocenters. The lowest BCUT2D eigenvalue weighted by molar-refractivity contribution is -0.113. The monoisotopic (exact) mass is 517 g/mol. The molecule has 0 bridgehead atoms. The zero-order valence-electron chi connectivity index (χ0n) is 17.5. The SMILES string of the molecule is O=C(Nc1nccs1)C(=Cc1ccc(Cc2ccc(Br)cc2)cc1)NC(=O)c1ccccc1. The molecule has 0 aliphatic rings. The number of nitrogens with one attached hydrogen (secondary N) is 2. The van der Waals surface area contributed by atoms with Gasteiger partial charge in [-0.3, -0.25) is 14.9 Å². The van der Waals surface area contributed by atoms with Crippen molar-refractivity contribution in [3.8, 4) is 0 Å². The van der Waals surface area contributed by atoms with Crippen molar-refractivity contribution >= 4 is 50.3 Å². The van der Waals surface area contributed by atoms with Crippen LogP contribution in [0.15, 0.2) is 101 Å². The summed E-state index contributed by atoms with van der Waals surface area (Å²) < 4.78 is 1.05. The van der Waals surface area contributed by atoms with Gasteiger partial charge in [-0.05, 0) is 53.5 Å². The first-order chi connectivity index (χ1) is 16.1. The molecule has 4 aromatic rings. The van der Waals surface area contributed by atoms with Crippen molar-refractivity contribution in [1.29, 1.82) is 0 Å². The Bertz CT molecular complexity index is 1250. The Balaban J connectivity index is 1.54. The summed E-state index contributed by atoms with van der Waals surface area (Å²) in [6, 6.07) is 24.9. The van der Waals surface area contributed by atoms with Gasteiger partial charge in [0.25, 0.3) is 11.8 Å². The summed E-state index contributed by atoms with van der Waals surface area (Å²) in [5.74, 6) is -0.795. The minimum atomic E-state index is -0.437. The van der Waals surface area contributed by atoms with Gasteiger partial charge in [0.1, 0.15) is 5.70 Å². The highest BCUT2D eigenvalue weighted by atomic mass is 79.9. The third kappa shape index (κ3) is 6.47. The molecule has 1 heterocycles. The van der Waals surface area contributed by atoms with E-state index in [1.807, 2.05) is 42.5 Å². The summed E-state index contributed by atoms with van der Waals surface area (Å²) >= 11 is 4.76. The number of anilines is 1. The molecule has 4 rings (SSSR count). The summed E-state index contributed by atoms with van der Waals surface area (Å²) in [7, 11) is 0. The van der Waals surface area contributed by atoms with Crippen LogP contribution in [0.2, 0.25) is 0 Å². The Morgan fingerprint density at radius 3 is 2.21 bits per heavy atom. The number of thiazole rings is 1. The fourth-order valence-corrected chi connectivity index (χ4v) is 3.92. The van der Waals surface area contributed by atoms with Crippen LogP contribution in [0.4, 0.5) is 5.13 Å². The van der Waals surface area contributed by atoms with Crippen LogP contribution in [-0.4, -0.2) is 16.8 Å². The van der Waals surface area contributed by atoms with Gasteiger partial charge in [0.2, 0.25) is 0 Å². The minimum Gasteiger partial charge on any atom is -0.317 e. The average molecular weight is 518 g/mol. The highest BCUT2D eigenvalue weighted by Crippen LogP contribution is 2.17. The molecule has 0 fully saturated rings. The van der Waals surface area contributed by atoms with Crippen LogP contribution < -0.4 is 10.6 Å². The number of carbonyl (C=O) groups is 2. The molecular formula is C26H20BrN3O2S. The molecule has 3 aromatic carbocycles. The van der Waals surface area contributed by atoms with Crippen molar-refractivity contribution in [3.05, 3.63) is 123 Å². The number of hydrogen-bond acceptors (Lipinski definition) is 4. The first kappa shape index (κ1) is 22.6. The highest BCUT2D eigenvalue weighted by molar-refractivity contribution is 9.10. The number of nitrogens with zero attached hydrogens (tertiary/aromatic N) is 1. The molecule has 33 heavy (non-hydrogen) atoms. The van der Waals surface area contributed by atoms with E-state index in [-0.39, 0.29) is 11.6 Å². The smallest absolute Gasteiger partial charge is 0.273 e. The Kier molecular flexibility index (Phi) is 7.44. The summed E-state index contributed by atoms with van der Waals surface area (Å²) in [4.78, 5) is 29.7. The van der Waals surface area contributed by atoms with E-state index in [0.29, 0.717) is 10.7 Å². The Morgan fingerprint density at radius 1 is 0.909 bits per heavy atom. The standard InChI is InChI=1S/C26H20BrN3O2S/c27-22-12-10-19(11-13-22)16-18-6-8-20(9-7-18)17-23(25(32)30-26-28-14-15-33-26)29-24(31)21-4-2-1-3-5-21/h1-15,17H,16H2,(H,29,31)(H,28,30,32). The molecule has 164 valence electrons. The molecule has 0 aliphatic carbocycles. The van der Waals surface area contributed by atoms with Gasteiger partial charge in [-0.25, -0.2) is 4.98 Å². The van der Waals surface area contributed by atoms with Crippen LogP contribution in [0.25, 0.3) is 6.08 Å². The topological polar surface area (TPSA) is 71.1 Å². The highest BCUT2D eigenvalue weighted by Gasteiger charge is 2.15. The van der Waals surface area contributed by atoms with Gasteiger partial charge in [-0.2, -0.15) is 0 Å². The maximum Gasteiger partial charge on any atom is 0.273 e. The van der Waals surface area contributed by atoms with Gasteiger partial charge < -0.3 is 5.32 Å². The second-order valence-corrected chi connectivity index (χ2v) is 9.02. The van der Waals surface area contributed by atoms with E-state index in [0.717, 1.165) is 22.0 Å². The quantitative estimate of drug-likeness (QED) is 0.299. The molecule has 0 spiro atoms. The van der Waals surface area contributed by atoms with Gasteiger partial charge in [-0.15, -0.1) is 11.3 Å². The van der Waals surface area contributed by atoms with Crippen molar-refractivity contribution in [1.82, 2.24) is 10.3 Å². The van der Waals surface area contributed by atoms with E-state index in [9.17, 15) is 9.59 Å². The van der Waals surface area contributed by atoms with E-state index in [2.05, 4.69) is 43.7 Å². The molecule has 0 saturated heterocycles. The largest absolute Gasteiger partial charge is 0.317 e. The average Bonchev–Trinajstić information content (AvgIpc) is 3.35. The molecule has 0 aliphatic heterocycles. The lowest BCUT2D eigenvalue weighted by Gasteiger charge is -2.10. The molecule has 5 nitrogen and oxygen atoms in total. The first-order valence-corrected chi connectivity index (χ1v) is 11.9. The number of halogens is 1. The molecule has 1 aromatic heterocycles. The fraction of sp³-hybridized carbons (Fsp3) is 0.0385. The molecule has 2 N–H and O–H groups in total. The van der Waals surface area contributed by atoms with E-state index in [1.54, 1.807) is 41.9 Å². The van der Waals surface area contributed by atoms with Crippen molar-refractivity contribution in [2.45, 2.75) is 6.42 Å². The third-order valence-electron chi connectivity index (χ3n) is 4.79. The maximum absolute atomic E-state index is 12.9. The van der Waals surface area contributed by atoms with Crippen LogP contribution in [0.3, 0.4) is 0 Å². The van der Waals surface area contributed by atoms with Crippen LogP contribution >= 0.6 is 27.3 Å². The van der Waals surface area contributed by atoms with Crippen LogP contribution in [0.5, 0.6) is 0 Å². The second-order valence-electron chi connectivity index (χ2n) is 7.21. The predicted molar refractivity (Wildman–Crippen MR) is 136 cm³/mol. The van der Waals surface area contributed by atoms with Gasteiger partial charge >= 0.3 is 0 Å². The molecule has 0 radical (unpaired) electrons. The summed E-state index contributed by atoms with van der Waals surface area (Å²) in [6.07, 6.45) is 4.07. The van der Waals surface area contributed by atoms with E-state index < -0.39 is 5.91 Å². The molecule has 0 saturated carbocycles. The minimum absolute atomic E-state index is 0.139. The van der Waals surface area contributed by atoms with Gasteiger partial charge in [-0.1, -0.05) is 70.5 Å². The number of carbonyl (C=O) groups excluding carboxylic acids is 2. The number of benzene rings is 3.